The second-order valence-corrected chi connectivity index (χ2v) is 5.63. The summed E-state index contributed by atoms with van der Waals surface area (Å²) in [6, 6.07) is 17.3. The largest absolute Gasteiger partial charge is 0.494 e. The lowest BCUT2D eigenvalue weighted by molar-refractivity contribution is -0.0539. The molecule has 0 radical (unpaired) electrons. The third-order valence-corrected chi connectivity index (χ3v) is 3.76. The number of carbonyl (C=O) groups is 2. The second-order valence-electron chi connectivity index (χ2n) is 5.63. The first kappa shape index (κ1) is 16.8. The zero-order valence-corrected chi connectivity index (χ0v) is 13.8. The van der Waals surface area contributed by atoms with Crippen molar-refractivity contribution in [1.82, 2.24) is 0 Å². The van der Waals surface area contributed by atoms with Crippen LogP contribution in [0.4, 0.5) is 0 Å². The minimum absolute atomic E-state index is 0.133. The molecule has 0 fully saturated rings. The van der Waals surface area contributed by atoms with Crippen LogP contribution in [-0.2, 0) is 14.2 Å². The lowest BCUT2D eigenvalue weighted by Gasteiger charge is -2.29. The molecule has 0 aromatic heterocycles. The lowest BCUT2D eigenvalue weighted by atomic mass is 10.1. The Bertz CT molecular complexity index is 767. The molecule has 0 spiro atoms. The normalized spacial score (nSPS) is 19.3. The molecule has 0 saturated carbocycles. The SMILES string of the molecule is CC1=C[C@H](OC(=O)c2ccccc2)[C@@H](OC(=O)c2ccccc2)CO1. The Morgan fingerprint density at radius 1 is 0.880 bits per heavy atom. The third-order valence-electron chi connectivity index (χ3n) is 3.76. The van der Waals surface area contributed by atoms with Crippen molar-refractivity contribution < 1.29 is 23.8 Å². The van der Waals surface area contributed by atoms with Gasteiger partial charge in [-0.3, -0.25) is 0 Å². The summed E-state index contributed by atoms with van der Waals surface area (Å²) in [7, 11) is 0. The van der Waals surface area contributed by atoms with E-state index in [-0.39, 0.29) is 6.61 Å². The molecular weight excluding hydrogens is 320 g/mol. The van der Waals surface area contributed by atoms with E-state index in [0.29, 0.717) is 16.9 Å². The Balaban J connectivity index is 1.72. The van der Waals surface area contributed by atoms with E-state index in [2.05, 4.69) is 0 Å². The van der Waals surface area contributed by atoms with Crippen molar-refractivity contribution in [3.63, 3.8) is 0 Å². The molecule has 0 N–H and O–H groups in total. The van der Waals surface area contributed by atoms with Crippen molar-refractivity contribution in [3.8, 4) is 0 Å². The van der Waals surface area contributed by atoms with Crippen molar-refractivity contribution in [2.45, 2.75) is 19.1 Å². The average Bonchev–Trinajstić information content (AvgIpc) is 2.65. The van der Waals surface area contributed by atoms with Crippen LogP contribution < -0.4 is 0 Å². The van der Waals surface area contributed by atoms with Crippen molar-refractivity contribution in [3.05, 3.63) is 83.6 Å². The molecule has 1 aliphatic heterocycles. The number of hydrogen-bond donors (Lipinski definition) is 0. The van der Waals surface area contributed by atoms with Gasteiger partial charge < -0.3 is 14.2 Å². The lowest BCUT2D eigenvalue weighted by Crippen LogP contribution is -2.40. The van der Waals surface area contributed by atoms with Crippen LogP contribution in [0.1, 0.15) is 27.6 Å². The van der Waals surface area contributed by atoms with E-state index in [9.17, 15) is 9.59 Å². The molecule has 2 aromatic carbocycles. The van der Waals surface area contributed by atoms with Gasteiger partial charge in [0.2, 0.25) is 0 Å². The first-order valence-corrected chi connectivity index (χ1v) is 7.97. The molecule has 1 heterocycles. The third kappa shape index (κ3) is 4.26. The number of carbonyl (C=O) groups excluding carboxylic acids is 2. The first-order chi connectivity index (χ1) is 12.1. The molecule has 5 heteroatoms. The van der Waals surface area contributed by atoms with Crippen LogP contribution >= 0.6 is 0 Å². The van der Waals surface area contributed by atoms with Gasteiger partial charge in [-0.15, -0.1) is 0 Å². The molecule has 0 amide bonds. The molecule has 2 atom stereocenters. The van der Waals surface area contributed by atoms with E-state index in [1.807, 2.05) is 12.1 Å². The van der Waals surface area contributed by atoms with Gasteiger partial charge in [0.05, 0.1) is 16.9 Å². The highest BCUT2D eigenvalue weighted by Gasteiger charge is 2.32. The van der Waals surface area contributed by atoms with Gasteiger partial charge in [0.1, 0.15) is 6.61 Å². The highest BCUT2D eigenvalue weighted by atomic mass is 16.6. The molecule has 128 valence electrons. The van der Waals surface area contributed by atoms with Crippen LogP contribution in [-0.4, -0.2) is 30.8 Å². The fourth-order valence-corrected chi connectivity index (χ4v) is 2.45. The maximum Gasteiger partial charge on any atom is 0.338 e. The van der Waals surface area contributed by atoms with E-state index in [1.54, 1.807) is 61.5 Å². The summed E-state index contributed by atoms with van der Waals surface area (Å²) in [5.74, 6) is -0.335. The predicted octanol–water partition coefficient (Wildman–Crippen LogP) is 3.37. The van der Waals surface area contributed by atoms with Crippen LogP contribution in [0.3, 0.4) is 0 Å². The number of esters is 2. The van der Waals surface area contributed by atoms with Gasteiger partial charge in [0.15, 0.2) is 12.2 Å². The quantitative estimate of drug-likeness (QED) is 0.800. The maximum absolute atomic E-state index is 12.3. The van der Waals surface area contributed by atoms with Gasteiger partial charge in [-0.2, -0.15) is 0 Å². The molecule has 0 saturated heterocycles. The summed E-state index contributed by atoms with van der Waals surface area (Å²) in [5.41, 5.74) is 0.870. The predicted molar refractivity (Wildman–Crippen MR) is 91.0 cm³/mol. The van der Waals surface area contributed by atoms with Crippen LogP contribution in [0.2, 0.25) is 0 Å². The van der Waals surface area contributed by atoms with Gasteiger partial charge in [0.25, 0.3) is 0 Å². The molecule has 0 aliphatic carbocycles. The summed E-state index contributed by atoms with van der Waals surface area (Å²) in [4.78, 5) is 24.5. The fourth-order valence-electron chi connectivity index (χ4n) is 2.45. The van der Waals surface area contributed by atoms with E-state index in [4.69, 9.17) is 14.2 Å². The maximum atomic E-state index is 12.3. The summed E-state index contributed by atoms with van der Waals surface area (Å²) in [6.45, 7) is 1.90. The monoisotopic (exact) mass is 338 g/mol. The number of rotatable bonds is 4. The van der Waals surface area contributed by atoms with Crippen LogP contribution in [0.5, 0.6) is 0 Å². The minimum Gasteiger partial charge on any atom is -0.494 e. The topological polar surface area (TPSA) is 61.8 Å². The number of allylic oxidation sites excluding steroid dienone is 1. The van der Waals surface area contributed by atoms with Crippen LogP contribution in [0.25, 0.3) is 0 Å². The Morgan fingerprint density at radius 3 is 1.96 bits per heavy atom. The van der Waals surface area contributed by atoms with Crippen LogP contribution in [0, 0.1) is 0 Å². The highest BCUT2D eigenvalue weighted by molar-refractivity contribution is 5.90. The highest BCUT2D eigenvalue weighted by Crippen LogP contribution is 2.20. The summed E-state index contributed by atoms with van der Waals surface area (Å²) >= 11 is 0. The number of ether oxygens (including phenoxy) is 3. The zero-order valence-electron chi connectivity index (χ0n) is 13.8. The van der Waals surface area contributed by atoms with Crippen molar-refractivity contribution in [2.24, 2.45) is 0 Å². The standard InChI is InChI=1S/C20H18O5/c1-14-12-17(24-19(21)15-8-4-2-5-9-15)18(13-23-14)25-20(22)16-10-6-3-7-11-16/h2-12,17-18H,13H2,1H3/t17-,18-/m0/s1. The molecule has 3 rings (SSSR count). The molecule has 25 heavy (non-hydrogen) atoms. The zero-order chi connectivity index (χ0) is 17.6. The average molecular weight is 338 g/mol. The Morgan fingerprint density at radius 2 is 1.40 bits per heavy atom. The Kier molecular flexibility index (Phi) is 5.14. The van der Waals surface area contributed by atoms with Crippen molar-refractivity contribution >= 4 is 11.9 Å². The molecular formula is C20H18O5. The summed E-state index contributed by atoms with van der Waals surface area (Å²) in [5, 5.41) is 0. The second kappa shape index (κ2) is 7.66. The molecule has 5 nitrogen and oxygen atoms in total. The van der Waals surface area contributed by atoms with Crippen molar-refractivity contribution in [1.29, 1.82) is 0 Å². The molecule has 2 aromatic rings. The molecule has 0 bridgehead atoms. The van der Waals surface area contributed by atoms with E-state index in [0.717, 1.165) is 0 Å². The summed E-state index contributed by atoms with van der Waals surface area (Å²) in [6.07, 6.45) is 0.242. The molecule has 1 aliphatic rings. The number of hydrogen-bond acceptors (Lipinski definition) is 5. The first-order valence-electron chi connectivity index (χ1n) is 7.97. The van der Waals surface area contributed by atoms with E-state index < -0.39 is 24.1 Å². The minimum atomic E-state index is -0.705. The van der Waals surface area contributed by atoms with Gasteiger partial charge in [-0.05, 0) is 37.3 Å². The van der Waals surface area contributed by atoms with Gasteiger partial charge >= 0.3 is 11.9 Å². The summed E-state index contributed by atoms with van der Waals surface area (Å²) < 4.78 is 16.5. The Hall–Kier alpha value is -3.08. The smallest absolute Gasteiger partial charge is 0.338 e. The van der Waals surface area contributed by atoms with Crippen LogP contribution in [0.15, 0.2) is 72.5 Å². The van der Waals surface area contributed by atoms with E-state index in [1.165, 1.54) is 0 Å². The van der Waals surface area contributed by atoms with E-state index >= 15 is 0 Å². The number of benzene rings is 2. The van der Waals surface area contributed by atoms with Gasteiger partial charge in [-0.25, -0.2) is 9.59 Å². The Labute approximate surface area is 145 Å². The van der Waals surface area contributed by atoms with Gasteiger partial charge in [-0.1, -0.05) is 36.4 Å². The van der Waals surface area contributed by atoms with Crippen molar-refractivity contribution in [2.75, 3.05) is 6.61 Å². The molecule has 0 unspecified atom stereocenters. The van der Waals surface area contributed by atoms with Gasteiger partial charge in [0, 0.05) is 0 Å². The fraction of sp³-hybridized carbons (Fsp3) is 0.200.